The predicted molar refractivity (Wildman–Crippen MR) is 142 cm³/mol. The summed E-state index contributed by atoms with van der Waals surface area (Å²) in [6, 6.07) is 16.3. The van der Waals surface area contributed by atoms with Crippen molar-refractivity contribution in [1.82, 2.24) is 20.2 Å². The largest absolute Gasteiger partial charge is 0.502 e. The normalized spacial score (nSPS) is 15.5. The number of aliphatic hydroxyl groups is 1. The third-order valence-electron chi connectivity index (χ3n) is 6.37. The molecular weight excluding hydrogens is 468 g/mol. The summed E-state index contributed by atoms with van der Waals surface area (Å²) in [5.74, 6) is 6.05. The van der Waals surface area contributed by atoms with Crippen molar-refractivity contribution in [2.45, 2.75) is 31.9 Å². The summed E-state index contributed by atoms with van der Waals surface area (Å²) in [4.78, 5) is 20.7. The number of morpholine rings is 1. The average molecular weight is 503 g/mol. The molecule has 1 aliphatic heterocycles. The van der Waals surface area contributed by atoms with Crippen LogP contribution in [-0.2, 0) is 17.7 Å². The SMILES string of the molecule is CC(O)CNCC(Cc1nc[nH]c(=O)c1O)c1ccc(C#Cc2ccc(CN3CCOCC3)cc2)cc1. The van der Waals surface area contributed by atoms with E-state index in [4.69, 9.17) is 4.74 Å². The monoisotopic (exact) mass is 502 g/mol. The molecule has 194 valence electrons. The van der Waals surface area contributed by atoms with Gasteiger partial charge in [-0.15, -0.1) is 0 Å². The minimum absolute atomic E-state index is 0.0556. The Morgan fingerprint density at radius 3 is 2.35 bits per heavy atom. The highest BCUT2D eigenvalue weighted by molar-refractivity contribution is 5.44. The molecule has 1 saturated heterocycles. The molecule has 1 aliphatic rings. The molecule has 0 radical (unpaired) electrons. The van der Waals surface area contributed by atoms with E-state index in [0.717, 1.165) is 49.5 Å². The van der Waals surface area contributed by atoms with Gasteiger partial charge in [-0.05, 0) is 42.3 Å². The smallest absolute Gasteiger partial charge is 0.293 e. The molecule has 4 N–H and O–H groups in total. The standard InChI is InChI=1S/C29H34N4O4/c1-21(34)17-30-18-26(16-27-28(35)29(36)32-20-31-27)25-10-8-23(9-11-25)3-2-22-4-6-24(7-5-22)19-33-12-14-37-15-13-33/h4-11,20-21,26,30,34-35H,12-19H2,1H3,(H,31,32,36). The van der Waals surface area contributed by atoms with Gasteiger partial charge in [-0.1, -0.05) is 36.1 Å². The van der Waals surface area contributed by atoms with Gasteiger partial charge in [-0.3, -0.25) is 9.69 Å². The lowest BCUT2D eigenvalue weighted by Crippen LogP contribution is -2.35. The van der Waals surface area contributed by atoms with Gasteiger partial charge >= 0.3 is 0 Å². The number of aliphatic hydroxyl groups excluding tert-OH is 1. The van der Waals surface area contributed by atoms with Crippen molar-refractivity contribution in [1.29, 1.82) is 0 Å². The number of nitrogens with one attached hydrogen (secondary N) is 2. The molecule has 0 saturated carbocycles. The highest BCUT2D eigenvalue weighted by atomic mass is 16.5. The Labute approximate surface area is 217 Å². The van der Waals surface area contributed by atoms with Crippen molar-refractivity contribution in [2.24, 2.45) is 0 Å². The van der Waals surface area contributed by atoms with Crippen LogP contribution in [0.15, 0.2) is 59.7 Å². The van der Waals surface area contributed by atoms with Gasteiger partial charge in [0.1, 0.15) is 0 Å². The zero-order chi connectivity index (χ0) is 26.0. The van der Waals surface area contributed by atoms with E-state index in [1.807, 2.05) is 24.3 Å². The molecule has 2 aromatic carbocycles. The van der Waals surface area contributed by atoms with Crippen LogP contribution in [0.3, 0.4) is 0 Å². The van der Waals surface area contributed by atoms with E-state index in [-0.39, 0.29) is 11.7 Å². The van der Waals surface area contributed by atoms with E-state index in [0.29, 0.717) is 25.2 Å². The first kappa shape index (κ1) is 26.6. The molecule has 0 amide bonds. The Morgan fingerprint density at radius 1 is 1.05 bits per heavy atom. The molecule has 1 aromatic heterocycles. The Bertz CT molecular complexity index is 1250. The first-order valence-corrected chi connectivity index (χ1v) is 12.6. The first-order valence-electron chi connectivity index (χ1n) is 12.6. The molecule has 1 fully saturated rings. The maximum absolute atomic E-state index is 11.8. The Morgan fingerprint density at radius 2 is 1.70 bits per heavy atom. The van der Waals surface area contributed by atoms with E-state index in [1.165, 1.54) is 11.9 Å². The molecule has 2 atom stereocenters. The van der Waals surface area contributed by atoms with Gasteiger partial charge < -0.3 is 25.3 Å². The van der Waals surface area contributed by atoms with Gasteiger partial charge in [0.15, 0.2) is 0 Å². The van der Waals surface area contributed by atoms with E-state index >= 15 is 0 Å². The number of hydrogen-bond donors (Lipinski definition) is 4. The number of ether oxygens (including phenoxy) is 1. The number of rotatable bonds is 9. The van der Waals surface area contributed by atoms with E-state index < -0.39 is 11.7 Å². The molecule has 0 spiro atoms. The summed E-state index contributed by atoms with van der Waals surface area (Å²) in [5.41, 5.74) is 3.94. The van der Waals surface area contributed by atoms with E-state index in [9.17, 15) is 15.0 Å². The van der Waals surface area contributed by atoms with Gasteiger partial charge in [-0.25, -0.2) is 4.98 Å². The molecule has 0 aliphatic carbocycles. The van der Waals surface area contributed by atoms with Crippen LogP contribution in [0.5, 0.6) is 5.75 Å². The van der Waals surface area contributed by atoms with Gasteiger partial charge in [0.05, 0.1) is 31.3 Å². The second-order valence-corrected chi connectivity index (χ2v) is 9.39. The van der Waals surface area contributed by atoms with Crippen molar-refractivity contribution in [2.75, 3.05) is 39.4 Å². The summed E-state index contributed by atoms with van der Waals surface area (Å²) < 4.78 is 5.41. The predicted octanol–water partition coefficient (Wildman–Crippen LogP) is 2.00. The minimum Gasteiger partial charge on any atom is -0.502 e. The number of aromatic hydroxyl groups is 1. The van der Waals surface area contributed by atoms with E-state index in [2.05, 4.69) is 56.3 Å². The number of nitrogens with zero attached hydrogens (tertiary/aromatic N) is 2. The first-order chi connectivity index (χ1) is 18.0. The van der Waals surface area contributed by atoms with Crippen LogP contribution in [0.4, 0.5) is 0 Å². The maximum Gasteiger partial charge on any atom is 0.293 e. The lowest BCUT2D eigenvalue weighted by molar-refractivity contribution is 0.0342. The molecule has 37 heavy (non-hydrogen) atoms. The second kappa shape index (κ2) is 13.2. The molecule has 3 aromatic rings. The Kier molecular flexibility index (Phi) is 9.46. The summed E-state index contributed by atoms with van der Waals surface area (Å²) in [6.45, 7) is 7.18. The van der Waals surface area contributed by atoms with Gasteiger partial charge in [0, 0.05) is 56.2 Å². The number of aromatic amines is 1. The summed E-state index contributed by atoms with van der Waals surface area (Å²) >= 11 is 0. The number of H-pyrrole nitrogens is 1. The summed E-state index contributed by atoms with van der Waals surface area (Å²) in [5, 5.41) is 23.0. The molecule has 8 heteroatoms. The highest BCUT2D eigenvalue weighted by Gasteiger charge is 2.17. The van der Waals surface area contributed by atoms with E-state index in [1.54, 1.807) is 6.92 Å². The fourth-order valence-corrected chi connectivity index (χ4v) is 4.28. The van der Waals surface area contributed by atoms with Crippen molar-refractivity contribution >= 4 is 0 Å². The third-order valence-corrected chi connectivity index (χ3v) is 6.37. The van der Waals surface area contributed by atoms with Crippen molar-refractivity contribution in [3.05, 3.63) is 93.2 Å². The highest BCUT2D eigenvalue weighted by Crippen LogP contribution is 2.23. The summed E-state index contributed by atoms with van der Waals surface area (Å²) in [6.07, 6.45) is 1.20. The van der Waals surface area contributed by atoms with Crippen LogP contribution in [0.25, 0.3) is 0 Å². The molecule has 2 heterocycles. The summed E-state index contributed by atoms with van der Waals surface area (Å²) in [7, 11) is 0. The molecule has 2 unspecified atom stereocenters. The van der Waals surface area contributed by atoms with Crippen molar-refractivity contribution in [3.8, 4) is 17.6 Å². The number of benzene rings is 2. The third kappa shape index (κ3) is 8.00. The molecule has 0 bridgehead atoms. The maximum atomic E-state index is 11.8. The average Bonchev–Trinajstić information content (AvgIpc) is 2.91. The van der Waals surface area contributed by atoms with Crippen molar-refractivity contribution < 1.29 is 14.9 Å². The van der Waals surface area contributed by atoms with Gasteiger partial charge in [0.2, 0.25) is 5.75 Å². The van der Waals surface area contributed by atoms with Crippen molar-refractivity contribution in [3.63, 3.8) is 0 Å². The fraction of sp³-hybridized carbons (Fsp3) is 0.379. The van der Waals surface area contributed by atoms with Crippen LogP contribution >= 0.6 is 0 Å². The minimum atomic E-state index is -0.555. The Hall–Kier alpha value is -3.48. The molecule has 4 rings (SSSR count). The van der Waals surface area contributed by atoms with Crippen LogP contribution < -0.4 is 10.9 Å². The van der Waals surface area contributed by atoms with Crippen LogP contribution in [0.2, 0.25) is 0 Å². The zero-order valence-electron chi connectivity index (χ0n) is 21.1. The molecular formula is C29H34N4O4. The van der Waals surface area contributed by atoms with Crippen LogP contribution in [0.1, 0.15) is 40.8 Å². The molecule has 8 nitrogen and oxygen atoms in total. The lowest BCUT2D eigenvalue weighted by Gasteiger charge is -2.26. The number of aromatic nitrogens is 2. The fourth-order valence-electron chi connectivity index (χ4n) is 4.28. The van der Waals surface area contributed by atoms with Gasteiger partial charge in [-0.2, -0.15) is 0 Å². The van der Waals surface area contributed by atoms with Crippen LogP contribution in [0, 0.1) is 11.8 Å². The second-order valence-electron chi connectivity index (χ2n) is 9.39. The zero-order valence-corrected chi connectivity index (χ0v) is 21.1. The van der Waals surface area contributed by atoms with Gasteiger partial charge in [0.25, 0.3) is 5.56 Å². The lowest BCUT2D eigenvalue weighted by atomic mass is 9.93. The quantitative estimate of drug-likeness (QED) is 0.331. The number of hydrogen-bond acceptors (Lipinski definition) is 7. The Balaban J connectivity index is 1.42. The topological polar surface area (TPSA) is 111 Å². The van der Waals surface area contributed by atoms with Crippen LogP contribution in [-0.4, -0.2) is 70.6 Å².